The molecule has 0 unspecified atom stereocenters. The van der Waals surface area contributed by atoms with Crippen LogP contribution in [0.1, 0.15) is 0 Å². The van der Waals surface area contributed by atoms with Crippen molar-refractivity contribution in [2.24, 2.45) is 0 Å². The first kappa shape index (κ1) is 10.5. The van der Waals surface area contributed by atoms with Crippen LogP contribution in [0.15, 0.2) is 61.4 Å². The topological polar surface area (TPSA) is 12.0 Å². The van der Waals surface area contributed by atoms with Crippen LogP contribution < -0.4 is 5.32 Å². The zero-order chi connectivity index (χ0) is 9.40. The van der Waals surface area contributed by atoms with Crippen LogP contribution in [-0.2, 0) is 0 Å². The van der Waals surface area contributed by atoms with Gasteiger partial charge in [-0.2, -0.15) is 0 Å². The summed E-state index contributed by atoms with van der Waals surface area (Å²) in [6, 6.07) is 0. The minimum Gasteiger partial charge on any atom is -0.388 e. The van der Waals surface area contributed by atoms with Gasteiger partial charge in [-0.15, -0.1) is 0 Å². The Labute approximate surface area is 74.5 Å². The molecule has 64 valence electrons. The zero-order valence-electron chi connectivity index (χ0n) is 7.51. The first-order chi connectivity index (χ1) is 5.79. The molecule has 1 heteroatoms. The van der Waals surface area contributed by atoms with Crippen molar-refractivity contribution in [2.45, 2.75) is 0 Å². The maximum Gasteiger partial charge on any atom is 0.0410 e. The molecule has 0 bridgehead atoms. The summed E-state index contributed by atoms with van der Waals surface area (Å²) < 4.78 is 0. The highest BCUT2D eigenvalue weighted by Gasteiger charge is 1.94. The average Bonchev–Trinajstić information content (AvgIpc) is 2.11. The molecule has 0 spiro atoms. The number of nitrogens with one attached hydrogen (secondary N) is 1. The fraction of sp³-hybridized carbons (Fsp3) is 0.0909. The molecule has 0 aliphatic carbocycles. The summed E-state index contributed by atoms with van der Waals surface area (Å²) in [4.78, 5) is 0. The number of hydrogen-bond donors (Lipinski definition) is 1. The van der Waals surface area contributed by atoms with Crippen LogP contribution in [0, 0.1) is 0 Å². The Hall–Kier alpha value is -1.50. The van der Waals surface area contributed by atoms with Gasteiger partial charge in [-0.3, -0.25) is 0 Å². The van der Waals surface area contributed by atoms with Crippen molar-refractivity contribution in [2.75, 3.05) is 7.05 Å². The number of likely N-dealkylation sites (N-methyl/N-ethyl adjacent to an activating group) is 1. The average molecular weight is 161 g/mol. The maximum atomic E-state index is 3.70. The van der Waals surface area contributed by atoms with E-state index >= 15 is 0 Å². The molecule has 0 heterocycles. The second-order valence-electron chi connectivity index (χ2n) is 2.13. The Bertz CT molecular complexity index is 231. The van der Waals surface area contributed by atoms with E-state index in [1.54, 1.807) is 18.2 Å². The number of allylic oxidation sites excluding steroid dienone is 5. The Morgan fingerprint density at radius 3 is 2.00 bits per heavy atom. The molecular weight excluding hydrogens is 146 g/mol. The van der Waals surface area contributed by atoms with Gasteiger partial charge in [-0.25, -0.2) is 0 Å². The van der Waals surface area contributed by atoms with Crippen LogP contribution in [0.4, 0.5) is 0 Å². The summed E-state index contributed by atoms with van der Waals surface area (Å²) in [5.74, 6) is 0. The molecule has 0 atom stereocenters. The van der Waals surface area contributed by atoms with Gasteiger partial charge in [0, 0.05) is 12.7 Å². The fourth-order valence-corrected chi connectivity index (χ4v) is 0.836. The van der Waals surface area contributed by atoms with Crippen LogP contribution in [0.3, 0.4) is 0 Å². The molecule has 0 aliphatic rings. The van der Waals surface area contributed by atoms with Gasteiger partial charge in [0.1, 0.15) is 0 Å². The molecule has 0 radical (unpaired) electrons. The summed E-state index contributed by atoms with van der Waals surface area (Å²) in [5.41, 5.74) is 1.99. The lowest BCUT2D eigenvalue weighted by molar-refractivity contribution is 1.01. The van der Waals surface area contributed by atoms with Crippen molar-refractivity contribution < 1.29 is 0 Å². The Balaban J connectivity index is 4.78. The highest BCUT2D eigenvalue weighted by atomic mass is 14.8. The van der Waals surface area contributed by atoms with Gasteiger partial charge in [-0.1, -0.05) is 44.0 Å². The third-order valence-corrected chi connectivity index (χ3v) is 1.38. The van der Waals surface area contributed by atoms with Gasteiger partial charge in [0.25, 0.3) is 0 Å². The van der Waals surface area contributed by atoms with Crippen molar-refractivity contribution in [3.05, 3.63) is 61.4 Å². The second-order valence-corrected chi connectivity index (χ2v) is 2.13. The summed E-state index contributed by atoms with van der Waals surface area (Å²) in [7, 11) is 1.86. The number of rotatable bonds is 5. The van der Waals surface area contributed by atoms with Crippen molar-refractivity contribution >= 4 is 0 Å². The monoisotopic (exact) mass is 161 g/mol. The van der Waals surface area contributed by atoms with Gasteiger partial charge < -0.3 is 5.32 Å². The molecule has 0 aromatic carbocycles. The predicted octanol–water partition coefficient (Wildman–Crippen LogP) is 2.57. The second kappa shape index (κ2) is 6.23. The van der Waals surface area contributed by atoms with Gasteiger partial charge in [-0.05, 0) is 11.6 Å². The molecule has 1 nitrogen and oxygen atoms in total. The molecule has 0 fully saturated rings. The van der Waals surface area contributed by atoms with Crippen molar-refractivity contribution in [3.8, 4) is 0 Å². The van der Waals surface area contributed by atoms with Crippen molar-refractivity contribution in [1.29, 1.82) is 0 Å². The van der Waals surface area contributed by atoms with E-state index in [1.807, 2.05) is 19.2 Å². The Morgan fingerprint density at radius 2 is 1.67 bits per heavy atom. The minimum absolute atomic E-state index is 0.986. The van der Waals surface area contributed by atoms with Gasteiger partial charge in [0.05, 0.1) is 0 Å². The smallest absolute Gasteiger partial charge is 0.0410 e. The Morgan fingerprint density at radius 1 is 1.08 bits per heavy atom. The van der Waals surface area contributed by atoms with E-state index in [0.717, 1.165) is 11.3 Å². The standard InChI is InChI=1S/C11H15N/c1-5-8-10(7-3)11(12-4)9-6-2/h5-9,12H,1-3H2,4H3/b10-8-,11-9+. The molecule has 0 amide bonds. The van der Waals surface area contributed by atoms with Crippen LogP contribution in [0.25, 0.3) is 0 Å². The molecule has 0 aromatic rings. The molecule has 0 aromatic heterocycles. The molecular formula is C11H15N. The number of hydrogen-bond acceptors (Lipinski definition) is 1. The minimum atomic E-state index is 0.986. The maximum absolute atomic E-state index is 3.70. The first-order valence-electron chi connectivity index (χ1n) is 3.76. The fourth-order valence-electron chi connectivity index (χ4n) is 0.836. The molecule has 0 aliphatic heterocycles. The van der Waals surface area contributed by atoms with Gasteiger partial charge in [0.15, 0.2) is 0 Å². The van der Waals surface area contributed by atoms with E-state index in [-0.39, 0.29) is 0 Å². The highest BCUT2D eigenvalue weighted by molar-refractivity contribution is 5.40. The van der Waals surface area contributed by atoms with Crippen LogP contribution in [0.2, 0.25) is 0 Å². The molecule has 0 rings (SSSR count). The van der Waals surface area contributed by atoms with E-state index in [0.29, 0.717) is 0 Å². The third-order valence-electron chi connectivity index (χ3n) is 1.38. The van der Waals surface area contributed by atoms with Crippen molar-refractivity contribution in [3.63, 3.8) is 0 Å². The summed E-state index contributed by atoms with van der Waals surface area (Å²) in [5, 5.41) is 3.04. The lowest BCUT2D eigenvalue weighted by Gasteiger charge is -2.05. The van der Waals surface area contributed by atoms with Crippen LogP contribution >= 0.6 is 0 Å². The molecule has 0 saturated carbocycles. The SMILES string of the molecule is C=C/C=C(C=C)\C(=C/C=C)NC. The van der Waals surface area contributed by atoms with Crippen LogP contribution in [-0.4, -0.2) is 7.05 Å². The normalized spacial score (nSPS) is 12.1. The predicted molar refractivity (Wildman–Crippen MR) is 55.8 cm³/mol. The highest BCUT2D eigenvalue weighted by Crippen LogP contribution is 2.07. The van der Waals surface area contributed by atoms with E-state index in [1.165, 1.54) is 0 Å². The van der Waals surface area contributed by atoms with Crippen LogP contribution in [0.5, 0.6) is 0 Å². The summed E-state index contributed by atoms with van der Waals surface area (Å²) >= 11 is 0. The van der Waals surface area contributed by atoms with E-state index in [4.69, 9.17) is 0 Å². The molecule has 12 heavy (non-hydrogen) atoms. The quantitative estimate of drug-likeness (QED) is 0.611. The van der Waals surface area contributed by atoms with Crippen molar-refractivity contribution in [1.82, 2.24) is 5.32 Å². The largest absolute Gasteiger partial charge is 0.388 e. The van der Waals surface area contributed by atoms with E-state index in [2.05, 4.69) is 25.1 Å². The summed E-state index contributed by atoms with van der Waals surface area (Å²) in [6.45, 7) is 10.9. The third kappa shape index (κ3) is 3.06. The van der Waals surface area contributed by atoms with Gasteiger partial charge in [0.2, 0.25) is 0 Å². The Kier molecular flexibility index (Phi) is 5.45. The van der Waals surface area contributed by atoms with E-state index < -0.39 is 0 Å². The van der Waals surface area contributed by atoms with Gasteiger partial charge >= 0.3 is 0 Å². The first-order valence-corrected chi connectivity index (χ1v) is 3.76. The molecule has 0 saturated heterocycles. The summed E-state index contributed by atoms with van der Waals surface area (Å²) in [6.07, 6.45) is 9.00. The van der Waals surface area contributed by atoms with E-state index in [9.17, 15) is 0 Å². The zero-order valence-corrected chi connectivity index (χ0v) is 7.51. The lowest BCUT2D eigenvalue weighted by Crippen LogP contribution is -2.06. The molecule has 1 N–H and O–H groups in total. The lowest BCUT2D eigenvalue weighted by atomic mass is 10.1.